The maximum absolute atomic E-state index is 12.5. The van der Waals surface area contributed by atoms with E-state index in [9.17, 15) is 4.39 Å². The van der Waals surface area contributed by atoms with Crippen LogP contribution in [-0.2, 0) is 0 Å². The lowest BCUT2D eigenvalue weighted by Crippen LogP contribution is -1.76. The Balaban J connectivity index is 0.000000461. The van der Waals surface area contributed by atoms with Gasteiger partial charge in [0.1, 0.15) is 5.82 Å². The summed E-state index contributed by atoms with van der Waals surface area (Å²) in [6, 6.07) is 6.53. The van der Waals surface area contributed by atoms with Crippen molar-refractivity contribution < 1.29 is 4.39 Å². The van der Waals surface area contributed by atoms with Gasteiger partial charge in [0.25, 0.3) is 0 Å². The third kappa shape index (κ3) is 2.80. The molecular formula is C10H11F. The van der Waals surface area contributed by atoms with Gasteiger partial charge in [-0.2, -0.15) is 0 Å². The van der Waals surface area contributed by atoms with Crippen molar-refractivity contribution in [2.45, 2.75) is 0 Å². The molecule has 0 nitrogen and oxygen atoms in total. The number of benzene rings is 1. The quantitative estimate of drug-likeness (QED) is 0.539. The van der Waals surface area contributed by atoms with Crippen molar-refractivity contribution in [1.29, 1.82) is 0 Å². The van der Waals surface area contributed by atoms with Gasteiger partial charge in [-0.1, -0.05) is 30.9 Å². The van der Waals surface area contributed by atoms with E-state index < -0.39 is 0 Å². The highest BCUT2D eigenvalue weighted by atomic mass is 19.1. The zero-order valence-corrected chi connectivity index (χ0v) is 6.39. The molecule has 0 aliphatic rings. The zero-order valence-electron chi connectivity index (χ0n) is 6.39. The summed E-state index contributed by atoms with van der Waals surface area (Å²) >= 11 is 0. The Morgan fingerprint density at radius 2 is 1.73 bits per heavy atom. The highest BCUT2D eigenvalue weighted by molar-refractivity contribution is 5.46. The lowest BCUT2D eigenvalue weighted by Gasteiger charge is -1.91. The molecule has 0 saturated carbocycles. The third-order valence-corrected chi connectivity index (χ3v) is 1.13. The predicted molar refractivity (Wildman–Crippen MR) is 47.7 cm³/mol. The predicted octanol–water partition coefficient (Wildman–Crippen LogP) is 3.27. The second-order valence-electron chi connectivity index (χ2n) is 1.73. The van der Waals surface area contributed by atoms with Gasteiger partial charge >= 0.3 is 0 Å². The molecule has 1 heteroatoms. The summed E-state index contributed by atoms with van der Waals surface area (Å²) in [6.45, 7) is 9.45. The highest BCUT2D eigenvalue weighted by Gasteiger charge is 1.91. The van der Waals surface area contributed by atoms with Gasteiger partial charge in [0.2, 0.25) is 0 Å². The first kappa shape index (κ1) is 9.63. The second kappa shape index (κ2) is 5.42. The van der Waals surface area contributed by atoms with Crippen LogP contribution in [0.3, 0.4) is 0 Å². The summed E-state index contributed by atoms with van der Waals surface area (Å²) in [6.07, 6.45) is 1.50. The summed E-state index contributed by atoms with van der Waals surface area (Å²) in [7, 11) is 0. The highest BCUT2D eigenvalue weighted by Crippen LogP contribution is 2.05. The average molecular weight is 150 g/mol. The molecule has 0 fully saturated rings. The standard InChI is InChI=1S/C8H7F.C2H4/c1-2-7-5-3-4-6-8(7)9;1-2/h2-6H,1H2;1-2H2. The number of rotatable bonds is 1. The Hall–Kier alpha value is -1.37. The van der Waals surface area contributed by atoms with Gasteiger partial charge in [0.15, 0.2) is 0 Å². The summed E-state index contributed by atoms with van der Waals surface area (Å²) < 4.78 is 12.5. The molecule has 0 aliphatic heterocycles. The largest absolute Gasteiger partial charge is 0.206 e. The van der Waals surface area contributed by atoms with Crippen molar-refractivity contribution in [1.82, 2.24) is 0 Å². The fraction of sp³-hybridized carbons (Fsp3) is 0. The van der Waals surface area contributed by atoms with Crippen molar-refractivity contribution in [2.75, 3.05) is 0 Å². The van der Waals surface area contributed by atoms with Gasteiger partial charge in [0.05, 0.1) is 0 Å². The maximum atomic E-state index is 12.5. The Kier molecular flexibility index (Phi) is 4.74. The van der Waals surface area contributed by atoms with Gasteiger partial charge in [0, 0.05) is 5.56 Å². The lowest BCUT2D eigenvalue weighted by molar-refractivity contribution is 0.625. The van der Waals surface area contributed by atoms with Crippen LogP contribution in [0.5, 0.6) is 0 Å². The molecule has 1 aromatic rings. The summed E-state index contributed by atoms with van der Waals surface area (Å²) in [5, 5.41) is 0. The second-order valence-corrected chi connectivity index (χ2v) is 1.73. The van der Waals surface area contributed by atoms with Crippen LogP contribution in [0.1, 0.15) is 5.56 Å². The molecular weight excluding hydrogens is 139 g/mol. The van der Waals surface area contributed by atoms with Crippen LogP contribution in [0.25, 0.3) is 6.08 Å². The van der Waals surface area contributed by atoms with Crippen molar-refractivity contribution >= 4 is 6.08 Å². The minimum Gasteiger partial charge on any atom is -0.206 e. The summed E-state index contributed by atoms with van der Waals surface area (Å²) in [4.78, 5) is 0. The Morgan fingerprint density at radius 1 is 1.18 bits per heavy atom. The van der Waals surface area contributed by atoms with E-state index in [-0.39, 0.29) is 5.82 Å². The number of hydrogen-bond donors (Lipinski definition) is 0. The minimum atomic E-state index is -0.215. The average Bonchev–Trinajstić information content (AvgIpc) is 2.09. The fourth-order valence-corrected chi connectivity index (χ4v) is 0.641. The fourth-order valence-electron chi connectivity index (χ4n) is 0.641. The first-order valence-corrected chi connectivity index (χ1v) is 3.21. The zero-order chi connectivity index (χ0) is 8.69. The molecule has 1 rings (SSSR count). The van der Waals surface area contributed by atoms with Crippen LogP contribution in [-0.4, -0.2) is 0 Å². The third-order valence-electron chi connectivity index (χ3n) is 1.13. The van der Waals surface area contributed by atoms with Crippen LogP contribution in [0.2, 0.25) is 0 Å². The van der Waals surface area contributed by atoms with Crippen LogP contribution in [0, 0.1) is 5.82 Å². The number of hydrogen-bond acceptors (Lipinski definition) is 0. The van der Waals surface area contributed by atoms with Crippen molar-refractivity contribution in [3.63, 3.8) is 0 Å². The lowest BCUT2D eigenvalue weighted by atomic mass is 10.2. The van der Waals surface area contributed by atoms with Gasteiger partial charge in [-0.3, -0.25) is 0 Å². The van der Waals surface area contributed by atoms with E-state index >= 15 is 0 Å². The van der Waals surface area contributed by atoms with Crippen LogP contribution in [0.15, 0.2) is 44.0 Å². The number of halogens is 1. The van der Waals surface area contributed by atoms with Crippen molar-refractivity contribution in [2.24, 2.45) is 0 Å². The molecule has 0 bridgehead atoms. The van der Waals surface area contributed by atoms with E-state index in [1.165, 1.54) is 12.1 Å². The molecule has 0 spiro atoms. The minimum absolute atomic E-state index is 0.215. The van der Waals surface area contributed by atoms with Crippen molar-refractivity contribution in [3.05, 3.63) is 55.4 Å². The molecule has 0 aromatic heterocycles. The molecule has 0 atom stereocenters. The van der Waals surface area contributed by atoms with E-state index in [0.717, 1.165) is 0 Å². The summed E-state index contributed by atoms with van der Waals surface area (Å²) in [5.74, 6) is -0.215. The van der Waals surface area contributed by atoms with E-state index in [0.29, 0.717) is 5.56 Å². The monoisotopic (exact) mass is 150 g/mol. The normalized spacial score (nSPS) is 7.73. The van der Waals surface area contributed by atoms with E-state index in [1.807, 2.05) is 0 Å². The molecule has 0 radical (unpaired) electrons. The first-order valence-electron chi connectivity index (χ1n) is 3.21. The Labute approximate surface area is 66.7 Å². The molecule has 0 heterocycles. The molecule has 0 saturated heterocycles. The topological polar surface area (TPSA) is 0 Å². The maximum Gasteiger partial charge on any atom is 0.130 e. The molecule has 58 valence electrons. The van der Waals surface area contributed by atoms with Crippen LogP contribution in [0.4, 0.5) is 4.39 Å². The molecule has 1 aromatic carbocycles. The smallest absolute Gasteiger partial charge is 0.130 e. The van der Waals surface area contributed by atoms with E-state index in [4.69, 9.17) is 0 Å². The summed E-state index contributed by atoms with van der Waals surface area (Å²) in [5.41, 5.74) is 0.553. The van der Waals surface area contributed by atoms with E-state index in [2.05, 4.69) is 19.7 Å². The molecule has 11 heavy (non-hydrogen) atoms. The Bertz CT molecular complexity index is 228. The van der Waals surface area contributed by atoms with Crippen LogP contribution < -0.4 is 0 Å². The Morgan fingerprint density at radius 3 is 2.09 bits per heavy atom. The molecule has 0 unspecified atom stereocenters. The van der Waals surface area contributed by atoms with Crippen LogP contribution >= 0.6 is 0 Å². The molecule has 0 amide bonds. The first-order chi connectivity index (χ1) is 5.34. The van der Waals surface area contributed by atoms with Gasteiger partial charge in [-0.05, 0) is 6.07 Å². The van der Waals surface area contributed by atoms with Crippen molar-refractivity contribution in [3.8, 4) is 0 Å². The molecule has 0 aliphatic carbocycles. The van der Waals surface area contributed by atoms with E-state index in [1.54, 1.807) is 18.2 Å². The van der Waals surface area contributed by atoms with Gasteiger partial charge in [-0.15, -0.1) is 13.2 Å². The SMILES string of the molecule is C=C.C=Cc1ccccc1F. The molecule has 0 N–H and O–H groups in total. The van der Waals surface area contributed by atoms with Gasteiger partial charge < -0.3 is 0 Å². The van der Waals surface area contributed by atoms with Gasteiger partial charge in [-0.25, -0.2) is 4.39 Å².